The first-order chi connectivity index (χ1) is 10.7. The lowest BCUT2D eigenvalue weighted by atomic mass is 10.1. The Hall–Kier alpha value is -2.11. The van der Waals surface area contributed by atoms with Crippen molar-refractivity contribution in [2.45, 2.75) is 52.1 Å². The number of hydrogen-bond acceptors (Lipinski definition) is 3. The smallest absolute Gasteiger partial charge is 0.242 e. The molecule has 1 unspecified atom stereocenters. The number of halogens is 1. The molecule has 0 saturated heterocycles. The van der Waals surface area contributed by atoms with Crippen LogP contribution in [0.25, 0.3) is 0 Å². The van der Waals surface area contributed by atoms with Gasteiger partial charge in [0.15, 0.2) is 0 Å². The second kappa shape index (κ2) is 6.56. The molecule has 1 aliphatic rings. The van der Waals surface area contributed by atoms with E-state index in [0.29, 0.717) is 5.69 Å². The van der Waals surface area contributed by atoms with Crippen LogP contribution in [-0.2, 0) is 9.59 Å². The summed E-state index contributed by atoms with van der Waals surface area (Å²) in [5, 5.41) is 8.49. The molecule has 126 valence electrons. The van der Waals surface area contributed by atoms with E-state index in [1.165, 1.54) is 12.1 Å². The molecule has 1 aliphatic carbocycles. The summed E-state index contributed by atoms with van der Waals surface area (Å²) in [6, 6.07) is 3.85. The maximum atomic E-state index is 13.8. The Balaban J connectivity index is 2.02. The van der Waals surface area contributed by atoms with Crippen LogP contribution in [0.4, 0.5) is 15.8 Å². The van der Waals surface area contributed by atoms with Crippen LogP contribution in [-0.4, -0.2) is 23.4 Å². The molecular formula is C17H24FN3O2. The lowest BCUT2D eigenvalue weighted by Gasteiger charge is -2.24. The van der Waals surface area contributed by atoms with Crippen LogP contribution in [0.1, 0.15) is 40.5 Å². The van der Waals surface area contributed by atoms with Crippen molar-refractivity contribution in [3.8, 4) is 0 Å². The van der Waals surface area contributed by atoms with Crippen molar-refractivity contribution in [1.29, 1.82) is 0 Å². The summed E-state index contributed by atoms with van der Waals surface area (Å²) in [6.07, 6.45) is 1.71. The first kappa shape index (κ1) is 17.2. The summed E-state index contributed by atoms with van der Waals surface area (Å²) in [7, 11) is 0. The minimum Gasteiger partial charge on any atom is -0.374 e. The monoisotopic (exact) mass is 321 g/mol. The maximum absolute atomic E-state index is 13.8. The highest BCUT2D eigenvalue weighted by atomic mass is 19.1. The van der Waals surface area contributed by atoms with Crippen molar-refractivity contribution in [3.63, 3.8) is 0 Å². The van der Waals surface area contributed by atoms with Crippen LogP contribution in [0.15, 0.2) is 18.2 Å². The van der Waals surface area contributed by atoms with E-state index in [2.05, 4.69) is 16.0 Å². The molecule has 0 aromatic heterocycles. The average Bonchev–Trinajstić information content (AvgIpc) is 3.25. The molecule has 1 fully saturated rings. The number of hydrogen-bond donors (Lipinski definition) is 3. The molecule has 23 heavy (non-hydrogen) atoms. The van der Waals surface area contributed by atoms with Crippen LogP contribution in [0.2, 0.25) is 0 Å². The van der Waals surface area contributed by atoms with Gasteiger partial charge in [0.05, 0.1) is 5.69 Å². The molecule has 2 rings (SSSR count). The van der Waals surface area contributed by atoms with Crippen molar-refractivity contribution >= 4 is 23.2 Å². The van der Waals surface area contributed by atoms with E-state index >= 15 is 0 Å². The van der Waals surface area contributed by atoms with Gasteiger partial charge in [-0.25, -0.2) is 4.39 Å². The Morgan fingerprint density at radius 3 is 2.48 bits per heavy atom. The van der Waals surface area contributed by atoms with Gasteiger partial charge in [0.25, 0.3) is 0 Å². The molecule has 0 heterocycles. The molecular weight excluding hydrogens is 297 g/mol. The Labute approximate surface area is 136 Å². The topological polar surface area (TPSA) is 70.2 Å². The van der Waals surface area contributed by atoms with Crippen molar-refractivity contribution in [2.24, 2.45) is 5.92 Å². The molecule has 1 aromatic rings. The predicted molar refractivity (Wildman–Crippen MR) is 88.7 cm³/mol. The van der Waals surface area contributed by atoms with E-state index in [1.807, 2.05) is 20.8 Å². The Morgan fingerprint density at radius 2 is 1.91 bits per heavy atom. The third-order valence-electron chi connectivity index (χ3n) is 3.45. The molecule has 3 N–H and O–H groups in total. The van der Waals surface area contributed by atoms with Crippen molar-refractivity contribution in [2.75, 3.05) is 10.6 Å². The van der Waals surface area contributed by atoms with Gasteiger partial charge in [-0.2, -0.15) is 0 Å². The van der Waals surface area contributed by atoms with Crippen LogP contribution in [0.5, 0.6) is 0 Å². The molecule has 0 spiro atoms. The quantitative estimate of drug-likeness (QED) is 0.781. The summed E-state index contributed by atoms with van der Waals surface area (Å²) in [5.74, 6) is -0.788. The zero-order valence-electron chi connectivity index (χ0n) is 14.0. The highest BCUT2D eigenvalue weighted by molar-refractivity contribution is 5.94. The molecule has 1 saturated carbocycles. The van der Waals surface area contributed by atoms with Gasteiger partial charge < -0.3 is 16.0 Å². The second-order valence-electron chi connectivity index (χ2n) is 7.06. The van der Waals surface area contributed by atoms with Gasteiger partial charge >= 0.3 is 0 Å². The molecule has 1 atom stereocenters. The highest BCUT2D eigenvalue weighted by Gasteiger charge is 2.30. The van der Waals surface area contributed by atoms with Gasteiger partial charge in [0.2, 0.25) is 11.8 Å². The number of amides is 2. The Kier molecular flexibility index (Phi) is 4.92. The molecule has 1 aromatic carbocycles. The van der Waals surface area contributed by atoms with E-state index in [1.54, 1.807) is 13.0 Å². The Morgan fingerprint density at radius 1 is 1.26 bits per heavy atom. The fourth-order valence-electron chi connectivity index (χ4n) is 2.08. The zero-order chi connectivity index (χ0) is 17.2. The van der Waals surface area contributed by atoms with E-state index in [9.17, 15) is 14.0 Å². The lowest BCUT2D eigenvalue weighted by Crippen LogP contribution is -2.47. The average molecular weight is 321 g/mol. The van der Waals surface area contributed by atoms with Gasteiger partial charge in [-0.3, -0.25) is 9.59 Å². The predicted octanol–water partition coefficient (Wildman–Crippen LogP) is 2.89. The van der Waals surface area contributed by atoms with Crippen LogP contribution in [0, 0.1) is 11.7 Å². The van der Waals surface area contributed by atoms with Gasteiger partial charge in [-0.05, 0) is 58.7 Å². The molecule has 0 radical (unpaired) electrons. The molecule has 0 aliphatic heterocycles. The van der Waals surface area contributed by atoms with Crippen molar-refractivity contribution in [3.05, 3.63) is 24.0 Å². The number of rotatable bonds is 5. The van der Waals surface area contributed by atoms with Crippen LogP contribution in [0.3, 0.4) is 0 Å². The number of benzene rings is 1. The molecule has 6 heteroatoms. The van der Waals surface area contributed by atoms with Crippen molar-refractivity contribution in [1.82, 2.24) is 5.32 Å². The van der Waals surface area contributed by atoms with E-state index < -0.39 is 11.9 Å². The molecule has 0 bridgehead atoms. The number of carbonyl (C=O) groups excluding carboxylic acids is 2. The normalized spacial score (nSPS) is 15.7. The molecule has 2 amide bonds. The number of carbonyl (C=O) groups is 2. The van der Waals surface area contributed by atoms with Gasteiger partial charge in [0, 0.05) is 17.1 Å². The third-order valence-corrected chi connectivity index (χ3v) is 3.45. The van der Waals surface area contributed by atoms with E-state index in [4.69, 9.17) is 0 Å². The fourth-order valence-corrected chi connectivity index (χ4v) is 2.08. The molecule has 5 nitrogen and oxygen atoms in total. The standard InChI is InChI=1S/C17H24FN3O2/c1-10(15(22)21-17(2,3)4)19-12-7-8-13(18)14(9-12)20-16(23)11-5-6-11/h7-11,19H,5-6H2,1-4H3,(H,20,23)(H,21,22). The summed E-state index contributed by atoms with van der Waals surface area (Å²) in [6.45, 7) is 7.44. The maximum Gasteiger partial charge on any atom is 0.242 e. The minimum atomic E-state index is -0.489. The first-order valence-electron chi connectivity index (χ1n) is 7.85. The number of anilines is 2. The van der Waals surface area contributed by atoms with Gasteiger partial charge in [0.1, 0.15) is 11.9 Å². The summed E-state index contributed by atoms with van der Waals surface area (Å²) in [5.41, 5.74) is 0.392. The SMILES string of the molecule is CC(Nc1ccc(F)c(NC(=O)C2CC2)c1)C(=O)NC(C)(C)C. The summed E-state index contributed by atoms with van der Waals surface area (Å²) >= 11 is 0. The third kappa shape index (κ3) is 5.23. The highest BCUT2D eigenvalue weighted by Crippen LogP contribution is 2.31. The summed E-state index contributed by atoms with van der Waals surface area (Å²) in [4.78, 5) is 23.8. The Bertz CT molecular complexity index is 606. The van der Waals surface area contributed by atoms with Gasteiger partial charge in [-0.15, -0.1) is 0 Å². The van der Waals surface area contributed by atoms with Crippen molar-refractivity contribution < 1.29 is 14.0 Å². The van der Waals surface area contributed by atoms with Gasteiger partial charge in [-0.1, -0.05) is 0 Å². The van der Waals surface area contributed by atoms with E-state index in [-0.39, 0.29) is 29.0 Å². The van der Waals surface area contributed by atoms with Crippen LogP contribution < -0.4 is 16.0 Å². The largest absolute Gasteiger partial charge is 0.374 e. The first-order valence-corrected chi connectivity index (χ1v) is 7.85. The zero-order valence-corrected chi connectivity index (χ0v) is 14.0. The summed E-state index contributed by atoms with van der Waals surface area (Å²) < 4.78 is 13.8. The lowest BCUT2D eigenvalue weighted by molar-refractivity contribution is -0.123. The minimum absolute atomic E-state index is 0.00232. The van der Waals surface area contributed by atoms with Crippen LogP contribution >= 0.6 is 0 Å². The fraction of sp³-hybridized carbons (Fsp3) is 0.529. The number of nitrogens with one attached hydrogen (secondary N) is 3. The van der Waals surface area contributed by atoms with E-state index in [0.717, 1.165) is 12.8 Å². The second-order valence-corrected chi connectivity index (χ2v) is 7.06.